The van der Waals surface area contributed by atoms with Crippen molar-refractivity contribution in [2.24, 2.45) is 7.05 Å². The van der Waals surface area contributed by atoms with Crippen molar-refractivity contribution >= 4 is 45.0 Å². The first kappa shape index (κ1) is 10.0. The number of halogens is 2. The fourth-order valence-corrected chi connectivity index (χ4v) is 2.51. The molecule has 1 heterocycles. The molecule has 3 rings (SSSR count). The Kier molecular flexibility index (Phi) is 2.13. The summed E-state index contributed by atoms with van der Waals surface area (Å²) in [6, 6.07) is 11.8. The van der Waals surface area contributed by atoms with E-state index in [-0.39, 0.29) is 0 Å². The SMILES string of the molecule is Cn1c2ccc(Cl)cc2c2cc(Cl)ccc21. The summed E-state index contributed by atoms with van der Waals surface area (Å²) < 4.78 is 2.15. The van der Waals surface area contributed by atoms with Crippen LogP contribution in [0.5, 0.6) is 0 Å². The van der Waals surface area contributed by atoms with Gasteiger partial charge in [0.15, 0.2) is 0 Å². The summed E-state index contributed by atoms with van der Waals surface area (Å²) in [7, 11) is 2.05. The molecule has 3 heteroatoms. The molecule has 16 heavy (non-hydrogen) atoms. The van der Waals surface area contributed by atoms with Crippen LogP contribution in [0.1, 0.15) is 0 Å². The van der Waals surface area contributed by atoms with E-state index in [1.165, 1.54) is 11.0 Å². The average Bonchev–Trinajstić information content (AvgIpc) is 2.52. The minimum atomic E-state index is 0.750. The zero-order valence-electron chi connectivity index (χ0n) is 8.67. The summed E-state index contributed by atoms with van der Waals surface area (Å²) in [6.07, 6.45) is 0. The van der Waals surface area contributed by atoms with Crippen LogP contribution in [0.25, 0.3) is 21.8 Å². The third-order valence-electron chi connectivity index (χ3n) is 2.93. The molecule has 0 aliphatic heterocycles. The van der Waals surface area contributed by atoms with E-state index < -0.39 is 0 Å². The quantitative estimate of drug-likeness (QED) is 0.547. The van der Waals surface area contributed by atoms with Crippen molar-refractivity contribution in [3.63, 3.8) is 0 Å². The molecule has 0 aliphatic carbocycles. The van der Waals surface area contributed by atoms with Crippen molar-refractivity contribution < 1.29 is 0 Å². The van der Waals surface area contributed by atoms with Crippen molar-refractivity contribution in [3.05, 3.63) is 46.4 Å². The molecular formula is C13H9Cl2N. The molecule has 1 aromatic heterocycles. The minimum absolute atomic E-state index is 0.750. The maximum absolute atomic E-state index is 6.03. The lowest BCUT2D eigenvalue weighted by Crippen LogP contribution is -1.85. The predicted molar refractivity (Wildman–Crippen MR) is 70.4 cm³/mol. The molecule has 0 amide bonds. The standard InChI is InChI=1S/C13H9Cl2N/c1-16-12-4-2-8(14)6-10(12)11-7-9(15)3-5-13(11)16/h2-7H,1H3. The number of benzene rings is 2. The molecule has 0 bridgehead atoms. The summed E-state index contributed by atoms with van der Waals surface area (Å²) in [6.45, 7) is 0. The molecule has 80 valence electrons. The first-order valence-corrected chi connectivity index (χ1v) is 5.75. The predicted octanol–water partition coefficient (Wildman–Crippen LogP) is 4.64. The molecule has 0 aliphatic rings. The zero-order chi connectivity index (χ0) is 11.3. The Bertz CT molecular complexity index is 639. The summed E-state index contributed by atoms with van der Waals surface area (Å²) >= 11 is 12.1. The van der Waals surface area contributed by atoms with Crippen LogP contribution in [0, 0.1) is 0 Å². The van der Waals surface area contributed by atoms with E-state index in [1.807, 2.05) is 43.4 Å². The highest BCUT2D eigenvalue weighted by Gasteiger charge is 2.08. The van der Waals surface area contributed by atoms with Gasteiger partial charge in [-0.3, -0.25) is 0 Å². The molecular weight excluding hydrogens is 241 g/mol. The minimum Gasteiger partial charge on any atom is -0.344 e. The number of aryl methyl sites for hydroxylation is 1. The monoisotopic (exact) mass is 249 g/mol. The Labute approximate surface area is 103 Å². The van der Waals surface area contributed by atoms with Gasteiger partial charge >= 0.3 is 0 Å². The highest BCUT2D eigenvalue weighted by atomic mass is 35.5. The smallest absolute Gasteiger partial charge is 0.0489 e. The van der Waals surface area contributed by atoms with Crippen molar-refractivity contribution in [1.29, 1.82) is 0 Å². The van der Waals surface area contributed by atoms with Gasteiger partial charge in [0.05, 0.1) is 0 Å². The summed E-state index contributed by atoms with van der Waals surface area (Å²) in [4.78, 5) is 0. The van der Waals surface area contributed by atoms with Gasteiger partial charge in [-0.05, 0) is 36.4 Å². The molecule has 0 atom stereocenters. The largest absolute Gasteiger partial charge is 0.344 e. The number of aromatic nitrogens is 1. The summed E-state index contributed by atoms with van der Waals surface area (Å²) in [5.74, 6) is 0. The maximum atomic E-state index is 6.03. The van der Waals surface area contributed by atoms with E-state index in [2.05, 4.69) is 4.57 Å². The summed E-state index contributed by atoms with van der Waals surface area (Å²) in [5.41, 5.74) is 2.34. The topological polar surface area (TPSA) is 4.93 Å². The van der Waals surface area contributed by atoms with Gasteiger partial charge in [-0.1, -0.05) is 23.2 Å². The van der Waals surface area contributed by atoms with E-state index in [4.69, 9.17) is 23.2 Å². The third kappa shape index (κ3) is 1.32. The fourth-order valence-electron chi connectivity index (χ4n) is 2.16. The van der Waals surface area contributed by atoms with Gasteiger partial charge in [0.2, 0.25) is 0 Å². The Morgan fingerprint density at radius 3 is 1.69 bits per heavy atom. The van der Waals surface area contributed by atoms with Gasteiger partial charge in [-0.25, -0.2) is 0 Å². The molecule has 0 unspecified atom stereocenters. The van der Waals surface area contributed by atoms with E-state index in [1.54, 1.807) is 0 Å². The van der Waals surface area contributed by atoms with Gasteiger partial charge in [0.25, 0.3) is 0 Å². The molecule has 2 aromatic carbocycles. The highest BCUT2D eigenvalue weighted by Crippen LogP contribution is 2.31. The van der Waals surface area contributed by atoms with Crippen LogP contribution in [0.4, 0.5) is 0 Å². The normalized spacial score (nSPS) is 11.4. The second kappa shape index (κ2) is 3.41. The number of nitrogens with zero attached hydrogens (tertiary/aromatic N) is 1. The molecule has 0 spiro atoms. The van der Waals surface area contributed by atoms with Crippen molar-refractivity contribution in [2.45, 2.75) is 0 Å². The van der Waals surface area contributed by atoms with Gasteiger partial charge in [-0.15, -0.1) is 0 Å². The second-order valence-electron chi connectivity index (χ2n) is 3.88. The second-order valence-corrected chi connectivity index (χ2v) is 4.75. The van der Waals surface area contributed by atoms with Gasteiger partial charge in [-0.2, -0.15) is 0 Å². The van der Waals surface area contributed by atoms with Crippen LogP contribution in [0.3, 0.4) is 0 Å². The van der Waals surface area contributed by atoms with Crippen LogP contribution >= 0.6 is 23.2 Å². The highest BCUT2D eigenvalue weighted by molar-refractivity contribution is 6.33. The maximum Gasteiger partial charge on any atom is 0.0489 e. The molecule has 0 saturated heterocycles. The van der Waals surface area contributed by atoms with Crippen LogP contribution in [0.15, 0.2) is 36.4 Å². The van der Waals surface area contributed by atoms with E-state index >= 15 is 0 Å². The summed E-state index contributed by atoms with van der Waals surface area (Å²) in [5, 5.41) is 3.79. The first-order valence-electron chi connectivity index (χ1n) is 5.00. The van der Waals surface area contributed by atoms with Crippen LogP contribution in [0.2, 0.25) is 10.0 Å². The molecule has 0 radical (unpaired) electrons. The van der Waals surface area contributed by atoms with Crippen LogP contribution in [-0.2, 0) is 7.05 Å². The van der Waals surface area contributed by atoms with Gasteiger partial charge < -0.3 is 4.57 Å². The van der Waals surface area contributed by atoms with Gasteiger partial charge in [0.1, 0.15) is 0 Å². The Morgan fingerprint density at radius 2 is 1.25 bits per heavy atom. The molecule has 1 nitrogen and oxygen atoms in total. The Balaban J connectivity index is 2.60. The van der Waals surface area contributed by atoms with Crippen LogP contribution < -0.4 is 0 Å². The lowest BCUT2D eigenvalue weighted by molar-refractivity contribution is 1.01. The number of hydrogen-bond donors (Lipinski definition) is 0. The number of hydrogen-bond acceptors (Lipinski definition) is 0. The van der Waals surface area contributed by atoms with Gasteiger partial charge in [0, 0.05) is 38.9 Å². The Morgan fingerprint density at radius 1 is 0.812 bits per heavy atom. The van der Waals surface area contributed by atoms with Crippen molar-refractivity contribution in [3.8, 4) is 0 Å². The van der Waals surface area contributed by atoms with E-state index in [0.717, 1.165) is 20.8 Å². The van der Waals surface area contributed by atoms with Crippen LogP contribution in [-0.4, -0.2) is 4.57 Å². The molecule has 0 N–H and O–H groups in total. The fraction of sp³-hybridized carbons (Fsp3) is 0.0769. The van der Waals surface area contributed by atoms with E-state index in [0.29, 0.717) is 0 Å². The first-order chi connectivity index (χ1) is 7.66. The average molecular weight is 250 g/mol. The number of rotatable bonds is 0. The lowest BCUT2D eigenvalue weighted by Gasteiger charge is -1.97. The molecule has 0 saturated carbocycles. The Hall–Kier alpha value is -1.18. The van der Waals surface area contributed by atoms with Crippen molar-refractivity contribution in [2.75, 3.05) is 0 Å². The third-order valence-corrected chi connectivity index (χ3v) is 3.40. The zero-order valence-corrected chi connectivity index (χ0v) is 10.2. The van der Waals surface area contributed by atoms with Crippen molar-refractivity contribution in [1.82, 2.24) is 4.57 Å². The number of fused-ring (bicyclic) bond motifs is 3. The molecule has 0 fully saturated rings. The van der Waals surface area contributed by atoms with E-state index in [9.17, 15) is 0 Å². The molecule has 3 aromatic rings. The lowest BCUT2D eigenvalue weighted by atomic mass is 10.1.